The lowest BCUT2D eigenvalue weighted by Crippen LogP contribution is -2.32. The number of benzene rings is 2. The van der Waals surface area contributed by atoms with Crippen LogP contribution in [0.1, 0.15) is 20.3 Å². The topological polar surface area (TPSA) is 35.5 Å². The van der Waals surface area contributed by atoms with Crippen LogP contribution in [0, 0.1) is 0 Å². The number of nitrogens with zero attached hydrogens (tertiary/aromatic N) is 1. The fourth-order valence-corrected chi connectivity index (χ4v) is 2.65. The van der Waals surface area contributed by atoms with Crippen molar-refractivity contribution in [1.82, 2.24) is 0 Å². The second-order valence-corrected chi connectivity index (χ2v) is 6.22. The van der Waals surface area contributed by atoms with Gasteiger partial charge in [-0.2, -0.15) is 0 Å². The lowest BCUT2D eigenvalue weighted by atomic mass is 9.90. The van der Waals surface area contributed by atoms with Crippen LogP contribution in [0.15, 0.2) is 78.4 Å². The summed E-state index contributed by atoms with van der Waals surface area (Å²) >= 11 is 0. The molecule has 3 heteroatoms. The van der Waals surface area contributed by atoms with E-state index in [0.717, 1.165) is 23.5 Å². The van der Waals surface area contributed by atoms with Crippen molar-refractivity contribution in [3.8, 4) is 0 Å². The Morgan fingerprint density at radius 3 is 2.26 bits per heavy atom. The summed E-state index contributed by atoms with van der Waals surface area (Å²) in [6.07, 6.45) is 7.56. The predicted octanol–water partition coefficient (Wildman–Crippen LogP) is 5.29. The van der Waals surface area contributed by atoms with E-state index in [1.54, 1.807) is 0 Å². The highest BCUT2D eigenvalue weighted by Gasteiger charge is 2.21. The number of anilines is 3. The van der Waals surface area contributed by atoms with Gasteiger partial charge in [0.05, 0.1) is 16.9 Å². The molecule has 0 aliphatic heterocycles. The number of allylic oxidation sites excluding steroid dienone is 2. The highest BCUT2D eigenvalue weighted by molar-refractivity contribution is 5.63. The lowest BCUT2D eigenvalue weighted by molar-refractivity contribution is 0.301. The zero-order valence-electron chi connectivity index (χ0n) is 13.5. The van der Waals surface area contributed by atoms with E-state index in [0.29, 0.717) is 0 Å². The van der Waals surface area contributed by atoms with E-state index in [1.807, 2.05) is 54.6 Å². The number of nitrogens with one attached hydrogen (secondary N) is 1. The fraction of sp³-hybridized carbons (Fsp3) is 0.200. The molecule has 2 aromatic carbocycles. The first-order chi connectivity index (χ1) is 11.1. The number of rotatable bonds is 4. The standard InChI is InChI=1S/C20H22N2O/c1-16-12-14-20(2,15-13-16)21-17-8-10-19(11-9-17)22(23)18-6-4-3-5-7-18/h3-14,21,23H,15H2,1-2H3. The van der Waals surface area contributed by atoms with Crippen LogP contribution in [0.5, 0.6) is 0 Å². The maximum atomic E-state index is 10.3. The van der Waals surface area contributed by atoms with Crippen molar-refractivity contribution in [3.63, 3.8) is 0 Å². The van der Waals surface area contributed by atoms with Gasteiger partial charge in [0, 0.05) is 5.69 Å². The summed E-state index contributed by atoms with van der Waals surface area (Å²) in [5.41, 5.74) is 3.76. The van der Waals surface area contributed by atoms with Crippen LogP contribution in [0.2, 0.25) is 0 Å². The van der Waals surface area contributed by atoms with E-state index in [9.17, 15) is 5.21 Å². The minimum atomic E-state index is -0.0701. The fourth-order valence-electron chi connectivity index (χ4n) is 2.65. The van der Waals surface area contributed by atoms with E-state index in [4.69, 9.17) is 0 Å². The Hall–Kier alpha value is -2.52. The second kappa shape index (κ2) is 6.31. The molecule has 0 bridgehead atoms. The highest BCUT2D eigenvalue weighted by atomic mass is 16.5. The Bertz CT molecular complexity index is 719. The van der Waals surface area contributed by atoms with Gasteiger partial charge in [-0.05, 0) is 56.7 Å². The van der Waals surface area contributed by atoms with E-state index < -0.39 is 0 Å². The van der Waals surface area contributed by atoms with Crippen LogP contribution >= 0.6 is 0 Å². The molecular weight excluding hydrogens is 284 g/mol. The summed E-state index contributed by atoms with van der Waals surface area (Å²) in [7, 11) is 0. The Morgan fingerprint density at radius 2 is 1.65 bits per heavy atom. The van der Waals surface area contributed by atoms with Crippen LogP contribution in [0.3, 0.4) is 0 Å². The Kier molecular flexibility index (Phi) is 4.22. The molecule has 0 saturated carbocycles. The number of para-hydroxylation sites is 1. The minimum Gasteiger partial charge on any atom is -0.376 e. The molecular formula is C20H22N2O. The van der Waals surface area contributed by atoms with Gasteiger partial charge >= 0.3 is 0 Å². The molecule has 2 aromatic rings. The zero-order valence-corrected chi connectivity index (χ0v) is 13.5. The maximum Gasteiger partial charge on any atom is 0.0694 e. The Morgan fingerprint density at radius 1 is 1.00 bits per heavy atom. The quantitative estimate of drug-likeness (QED) is 0.753. The van der Waals surface area contributed by atoms with Crippen LogP contribution in [0.25, 0.3) is 0 Å². The second-order valence-electron chi connectivity index (χ2n) is 6.22. The average Bonchev–Trinajstić information content (AvgIpc) is 2.59. The maximum absolute atomic E-state index is 10.3. The van der Waals surface area contributed by atoms with Gasteiger partial charge in [0.25, 0.3) is 0 Å². The summed E-state index contributed by atoms with van der Waals surface area (Å²) in [6, 6.07) is 17.3. The largest absolute Gasteiger partial charge is 0.376 e. The first-order valence-electron chi connectivity index (χ1n) is 7.84. The molecule has 0 heterocycles. The molecule has 0 saturated heterocycles. The smallest absolute Gasteiger partial charge is 0.0694 e. The molecule has 0 aromatic heterocycles. The normalized spacial score (nSPS) is 20.0. The first kappa shape index (κ1) is 15.4. The molecule has 0 radical (unpaired) electrons. The van der Waals surface area contributed by atoms with E-state index in [-0.39, 0.29) is 5.54 Å². The Labute approximate surface area is 137 Å². The van der Waals surface area contributed by atoms with Crippen molar-refractivity contribution in [1.29, 1.82) is 0 Å². The molecule has 1 atom stereocenters. The van der Waals surface area contributed by atoms with Crippen molar-refractivity contribution in [2.24, 2.45) is 0 Å². The number of hydrogen-bond acceptors (Lipinski definition) is 3. The molecule has 3 nitrogen and oxygen atoms in total. The van der Waals surface area contributed by atoms with Crippen molar-refractivity contribution < 1.29 is 5.21 Å². The summed E-state index contributed by atoms with van der Waals surface area (Å²) in [4.78, 5) is 0. The zero-order chi connectivity index (χ0) is 16.3. The molecule has 0 spiro atoms. The summed E-state index contributed by atoms with van der Waals surface area (Å²) in [5, 5.41) is 15.0. The highest BCUT2D eigenvalue weighted by Crippen LogP contribution is 2.28. The van der Waals surface area contributed by atoms with E-state index in [2.05, 4.69) is 37.4 Å². The summed E-state index contributed by atoms with van der Waals surface area (Å²) in [6.45, 7) is 4.30. The molecule has 118 valence electrons. The van der Waals surface area contributed by atoms with Crippen LogP contribution in [-0.4, -0.2) is 10.7 Å². The van der Waals surface area contributed by atoms with Gasteiger partial charge in [-0.25, -0.2) is 5.06 Å². The van der Waals surface area contributed by atoms with Crippen LogP contribution < -0.4 is 10.4 Å². The van der Waals surface area contributed by atoms with Crippen LogP contribution in [-0.2, 0) is 0 Å². The van der Waals surface area contributed by atoms with E-state index in [1.165, 1.54) is 10.6 Å². The molecule has 2 N–H and O–H groups in total. The molecule has 3 rings (SSSR count). The summed E-state index contributed by atoms with van der Waals surface area (Å²) < 4.78 is 0. The van der Waals surface area contributed by atoms with Crippen molar-refractivity contribution in [2.45, 2.75) is 25.8 Å². The van der Waals surface area contributed by atoms with Gasteiger partial charge in [-0.1, -0.05) is 42.0 Å². The third-order valence-corrected chi connectivity index (χ3v) is 4.10. The lowest BCUT2D eigenvalue weighted by Gasteiger charge is -2.30. The van der Waals surface area contributed by atoms with Crippen molar-refractivity contribution >= 4 is 17.1 Å². The average molecular weight is 306 g/mol. The van der Waals surface area contributed by atoms with Gasteiger partial charge in [0.1, 0.15) is 0 Å². The van der Waals surface area contributed by atoms with E-state index >= 15 is 0 Å². The molecule has 23 heavy (non-hydrogen) atoms. The minimum absolute atomic E-state index is 0.0701. The predicted molar refractivity (Wildman–Crippen MR) is 96.4 cm³/mol. The van der Waals surface area contributed by atoms with Crippen LogP contribution in [0.4, 0.5) is 17.1 Å². The molecule has 1 unspecified atom stereocenters. The van der Waals surface area contributed by atoms with Gasteiger partial charge in [-0.15, -0.1) is 0 Å². The van der Waals surface area contributed by atoms with Crippen molar-refractivity contribution in [3.05, 3.63) is 78.4 Å². The third kappa shape index (κ3) is 3.63. The number of hydrogen-bond donors (Lipinski definition) is 2. The summed E-state index contributed by atoms with van der Waals surface area (Å²) in [5.74, 6) is 0. The Balaban J connectivity index is 1.72. The van der Waals surface area contributed by atoms with Gasteiger partial charge in [-0.3, -0.25) is 5.21 Å². The first-order valence-corrected chi connectivity index (χ1v) is 7.84. The van der Waals surface area contributed by atoms with Gasteiger partial charge < -0.3 is 5.32 Å². The molecule has 0 fully saturated rings. The molecule has 0 amide bonds. The monoisotopic (exact) mass is 306 g/mol. The SMILES string of the molecule is CC1=CCC(C)(Nc2ccc(N(O)c3ccccc3)cc2)C=C1. The van der Waals surface area contributed by atoms with Gasteiger partial charge in [0.2, 0.25) is 0 Å². The molecule has 1 aliphatic carbocycles. The third-order valence-electron chi connectivity index (χ3n) is 4.10. The van der Waals surface area contributed by atoms with Gasteiger partial charge in [0.15, 0.2) is 0 Å². The van der Waals surface area contributed by atoms with Crippen molar-refractivity contribution in [2.75, 3.05) is 10.4 Å². The molecule has 1 aliphatic rings.